The number of benzene rings is 1. The smallest absolute Gasteiger partial charge is 0.409 e. The average Bonchev–Trinajstić information content (AvgIpc) is 3.00. The van der Waals surface area contributed by atoms with Crippen LogP contribution in [0.5, 0.6) is 0 Å². The molecule has 0 unspecified atom stereocenters. The van der Waals surface area contributed by atoms with Crippen molar-refractivity contribution in [1.29, 1.82) is 0 Å². The molecule has 1 N–H and O–H groups in total. The van der Waals surface area contributed by atoms with Gasteiger partial charge in [0.15, 0.2) is 0 Å². The lowest BCUT2D eigenvalue weighted by Crippen LogP contribution is -2.31. The molecule has 8 heteroatoms. The lowest BCUT2D eigenvalue weighted by molar-refractivity contribution is -0.384. The lowest BCUT2D eigenvalue weighted by Gasteiger charge is -2.17. The third-order valence-corrected chi connectivity index (χ3v) is 3.82. The van der Waals surface area contributed by atoms with Crippen molar-refractivity contribution in [1.82, 2.24) is 4.90 Å². The minimum absolute atomic E-state index is 0.168. The van der Waals surface area contributed by atoms with Gasteiger partial charge in [0.25, 0.3) is 5.69 Å². The monoisotopic (exact) mass is 339 g/mol. The van der Waals surface area contributed by atoms with Crippen molar-refractivity contribution in [2.24, 2.45) is 11.8 Å². The Labute approximate surface area is 139 Å². The normalized spacial score (nSPS) is 17.2. The zero-order valence-corrected chi connectivity index (χ0v) is 13.8. The zero-order chi connectivity index (χ0) is 17.7. The van der Waals surface area contributed by atoms with Crippen LogP contribution in [0.1, 0.15) is 20.3 Å². The standard InChI is InChI=1S/C16H22FN3O4/c1-11(2)10-24-16(21)19-6-5-12(9-19)8-18-14-4-3-13(17)7-15(14)20(22)23/h3-4,7,11-12,18H,5-6,8-10H2,1-2H3/t12-/m0/s1. The molecule has 0 bridgehead atoms. The number of carbonyl (C=O) groups is 1. The lowest BCUT2D eigenvalue weighted by atomic mass is 10.1. The second-order valence-electron chi connectivity index (χ2n) is 6.37. The van der Waals surface area contributed by atoms with Gasteiger partial charge in [-0.05, 0) is 30.4 Å². The summed E-state index contributed by atoms with van der Waals surface area (Å²) in [6.07, 6.45) is 0.470. The van der Waals surface area contributed by atoms with E-state index in [9.17, 15) is 19.3 Å². The summed E-state index contributed by atoms with van der Waals surface area (Å²) < 4.78 is 18.3. The van der Waals surface area contributed by atoms with Gasteiger partial charge in [0.05, 0.1) is 17.6 Å². The van der Waals surface area contributed by atoms with Crippen LogP contribution in [0.25, 0.3) is 0 Å². The van der Waals surface area contributed by atoms with Crippen molar-refractivity contribution in [2.75, 3.05) is 31.6 Å². The number of ether oxygens (including phenoxy) is 1. The van der Waals surface area contributed by atoms with Crippen LogP contribution in [-0.4, -0.2) is 42.2 Å². The molecule has 0 aromatic heterocycles. The first-order valence-electron chi connectivity index (χ1n) is 7.96. The Kier molecular flexibility index (Phi) is 5.94. The Morgan fingerprint density at radius 1 is 1.54 bits per heavy atom. The molecule has 0 spiro atoms. The number of halogens is 1. The zero-order valence-electron chi connectivity index (χ0n) is 13.8. The number of hydrogen-bond acceptors (Lipinski definition) is 5. The van der Waals surface area contributed by atoms with Gasteiger partial charge >= 0.3 is 6.09 Å². The van der Waals surface area contributed by atoms with Crippen LogP contribution >= 0.6 is 0 Å². The number of nitrogens with one attached hydrogen (secondary N) is 1. The van der Waals surface area contributed by atoms with Crippen molar-refractivity contribution < 1.29 is 18.8 Å². The van der Waals surface area contributed by atoms with Crippen LogP contribution in [0.15, 0.2) is 18.2 Å². The molecule has 7 nitrogen and oxygen atoms in total. The van der Waals surface area contributed by atoms with E-state index < -0.39 is 10.7 Å². The van der Waals surface area contributed by atoms with Crippen LogP contribution in [-0.2, 0) is 4.74 Å². The molecule has 1 fully saturated rings. The second kappa shape index (κ2) is 7.94. The quantitative estimate of drug-likeness (QED) is 0.635. The molecule has 1 aromatic carbocycles. The van der Waals surface area contributed by atoms with Gasteiger partial charge in [-0.3, -0.25) is 10.1 Å². The Bertz CT molecular complexity index is 609. The number of nitro benzene ring substituents is 1. The van der Waals surface area contributed by atoms with Crippen LogP contribution in [0.4, 0.5) is 20.6 Å². The molecule has 0 aliphatic carbocycles. The summed E-state index contributed by atoms with van der Waals surface area (Å²) in [4.78, 5) is 23.9. The van der Waals surface area contributed by atoms with E-state index >= 15 is 0 Å². The van der Waals surface area contributed by atoms with Crippen molar-refractivity contribution >= 4 is 17.5 Å². The Balaban J connectivity index is 1.86. The first kappa shape index (κ1) is 18.0. The number of nitrogens with zero attached hydrogens (tertiary/aromatic N) is 2. The highest BCUT2D eigenvalue weighted by atomic mass is 19.1. The van der Waals surface area contributed by atoms with E-state index in [0.717, 1.165) is 12.5 Å². The molecule has 1 amide bonds. The van der Waals surface area contributed by atoms with Gasteiger partial charge in [0, 0.05) is 19.6 Å². The maximum absolute atomic E-state index is 13.1. The molecule has 1 aliphatic rings. The van der Waals surface area contributed by atoms with E-state index in [2.05, 4.69) is 5.32 Å². The van der Waals surface area contributed by atoms with Gasteiger partial charge in [-0.1, -0.05) is 13.8 Å². The summed E-state index contributed by atoms with van der Waals surface area (Å²) in [6.45, 7) is 5.95. The van der Waals surface area contributed by atoms with Crippen molar-refractivity contribution in [3.05, 3.63) is 34.1 Å². The number of hydrogen-bond donors (Lipinski definition) is 1. The molecular formula is C16H22FN3O4. The first-order valence-corrected chi connectivity index (χ1v) is 7.96. The molecule has 0 saturated carbocycles. The predicted molar refractivity (Wildman–Crippen MR) is 87.4 cm³/mol. The molecule has 1 atom stereocenters. The summed E-state index contributed by atoms with van der Waals surface area (Å²) in [5.74, 6) is -0.193. The summed E-state index contributed by atoms with van der Waals surface area (Å²) in [7, 11) is 0. The van der Waals surface area contributed by atoms with Gasteiger partial charge in [0.1, 0.15) is 11.5 Å². The number of anilines is 1. The third-order valence-electron chi connectivity index (χ3n) is 3.82. The van der Waals surface area contributed by atoms with Crippen LogP contribution in [0, 0.1) is 27.8 Å². The van der Waals surface area contributed by atoms with Gasteiger partial charge in [-0.25, -0.2) is 9.18 Å². The van der Waals surface area contributed by atoms with E-state index in [1.165, 1.54) is 12.1 Å². The third kappa shape index (κ3) is 4.81. The van der Waals surface area contributed by atoms with E-state index in [1.54, 1.807) is 4.90 Å². The van der Waals surface area contributed by atoms with E-state index in [-0.39, 0.29) is 29.3 Å². The maximum Gasteiger partial charge on any atom is 0.409 e. The van der Waals surface area contributed by atoms with Gasteiger partial charge in [0.2, 0.25) is 0 Å². The van der Waals surface area contributed by atoms with E-state index in [4.69, 9.17) is 4.74 Å². The van der Waals surface area contributed by atoms with Crippen LogP contribution in [0.2, 0.25) is 0 Å². The van der Waals surface area contributed by atoms with Gasteiger partial charge < -0.3 is 15.0 Å². The molecule has 2 rings (SSSR count). The first-order chi connectivity index (χ1) is 11.4. The Hall–Kier alpha value is -2.38. The molecule has 1 aromatic rings. The van der Waals surface area contributed by atoms with Crippen molar-refractivity contribution in [3.63, 3.8) is 0 Å². The highest BCUT2D eigenvalue weighted by Crippen LogP contribution is 2.26. The minimum atomic E-state index is -0.646. The summed E-state index contributed by atoms with van der Waals surface area (Å²) in [5, 5.41) is 14.0. The fourth-order valence-corrected chi connectivity index (χ4v) is 2.55. The van der Waals surface area contributed by atoms with E-state index in [0.29, 0.717) is 26.2 Å². The fourth-order valence-electron chi connectivity index (χ4n) is 2.55. The van der Waals surface area contributed by atoms with Gasteiger partial charge in [-0.15, -0.1) is 0 Å². The van der Waals surface area contributed by atoms with Crippen molar-refractivity contribution in [3.8, 4) is 0 Å². The number of carbonyl (C=O) groups excluding carboxylic acids is 1. The summed E-state index contributed by atoms with van der Waals surface area (Å²) in [5.41, 5.74) is -0.0107. The average molecular weight is 339 g/mol. The van der Waals surface area contributed by atoms with E-state index in [1.807, 2.05) is 13.8 Å². The number of likely N-dealkylation sites (tertiary alicyclic amines) is 1. The number of amides is 1. The van der Waals surface area contributed by atoms with Gasteiger partial charge in [-0.2, -0.15) is 0 Å². The predicted octanol–water partition coefficient (Wildman–Crippen LogP) is 3.26. The van der Waals surface area contributed by atoms with Crippen molar-refractivity contribution in [2.45, 2.75) is 20.3 Å². The SMILES string of the molecule is CC(C)COC(=O)N1CC[C@@H](CNc2ccc(F)cc2[N+](=O)[O-])C1. The summed E-state index contributed by atoms with van der Waals surface area (Å²) >= 11 is 0. The maximum atomic E-state index is 13.1. The van der Waals surface area contributed by atoms with Crippen LogP contribution in [0.3, 0.4) is 0 Å². The van der Waals surface area contributed by atoms with Crippen LogP contribution < -0.4 is 5.32 Å². The molecule has 1 saturated heterocycles. The summed E-state index contributed by atoms with van der Waals surface area (Å²) in [6, 6.07) is 3.43. The fraction of sp³-hybridized carbons (Fsp3) is 0.562. The highest BCUT2D eigenvalue weighted by Gasteiger charge is 2.27. The minimum Gasteiger partial charge on any atom is -0.449 e. The Morgan fingerprint density at radius 3 is 2.96 bits per heavy atom. The number of rotatable bonds is 6. The highest BCUT2D eigenvalue weighted by molar-refractivity contribution is 5.68. The molecule has 0 radical (unpaired) electrons. The second-order valence-corrected chi connectivity index (χ2v) is 6.37. The molecule has 132 valence electrons. The molecular weight excluding hydrogens is 317 g/mol. The number of nitro groups is 1. The molecule has 1 heterocycles. The molecule has 24 heavy (non-hydrogen) atoms. The molecule has 1 aliphatic heterocycles. The Morgan fingerprint density at radius 2 is 2.29 bits per heavy atom. The topological polar surface area (TPSA) is 84.7 Å². The largest absolute Gasteiger partial charge is 0.449 e.